The number of hydrogen-bond acceptors (Lipinski definition) is 2. The highest BCUT2D eigenvalue weighted by Crippen LogP contribution is 2.51. The third-order valence-corrected chi connectivity index (χ3v) is 7.50. The van der Waals surface area contributed by atoms with Crippen LogP contribution in [0.15, 0.2) is 109 Å². The maximum absolute atomic E-state index is 13.9. The zero-order valence-electron chi connectivity index (χ0n) is 20.5. The van der Waals surface area contributed by atoms with Gasteiger partial charge in [-0.05, 0) is 69.4 Å². The largest absolute Gasteiger partial charge is 0.493 e. The molecule has 0 aromatic heterocycles. The molecule has 0 bridgehead atoms. The molecule has 1 aliphatic rings. The Morgan fingerprint density at radius 1 is 0.632 bits per heavy atom. The molecule has 0 saturated carbocycles. The first kappa shape index (κ1) is 22.5. The van der Waals surface area contributed by atoms with E-state index in [0.717, 1.165) is 43.6 Å². The van der Waals surface area contributed by atoms with E-state index in [-0.39, 0.29) is 11.6 Å². The zero-order valence-corrected chi connectivity index (χ0v) is 20.5. The SMILES string of the molecule is COc1cc2c3ccccc3c3ccccc3c2c2c1OC(c1ccc(F)cc1)(c1ccc(F)cc1)C=C2. The Morgan fingerprint density at radius 3 is 1.68 bits per heavy atom. The first-order valence-corrected chi connectivity index (χ1v) is 12.4. The summed E-state index contributed by atoms with van der Waals surface area (Å²) in [5, 5.41) is 6.71. The van der Waals surface area contributed by atoms with Gasteiger partial charge >= 0.3 is 0 Å². The molecule has 0 aliphatic carbocycles. The molecule has 2 nitrogen and oxygen atoms in total. The van der Waals surface area contributed by atoms with Crippen LogP contribution in [0.5, 0.6) is 11.5 Å². The molecule has 0 atom stereocenters. The van der Waals surface area contributed by atoms with Crippen molar-refractivity contribution in [2.75, 3.05) is 7.11 Å². The molecule has 6 aromatic rings. The molecule has 1 heterocycles. The monoisotopic (exact) mass is 500 g/mol. The molecule has 38 heavy (non-hydrogen) atoms. The maximum atomic E-state index is 13.9. The number of ether oxygens (including phenoxy) is 2. The van der Waals surface area contributed by atoms with Crippen LogP contribution in [0, 0.1) is 11.6 Å². The third kappa shape index (κ3) is 3.23. The van der Waals surface area contributed by atoms with Crippen LogP contribution in [-0.2, 0) is 5.60 Å². The summed E-state index contributed by atoms with van der Waals surface area (Å²) in [4.78, 5) is 0. The van der Waals surface area contributed by atoms with E-state index in [1.807, 2.05) is 24.3 Å². The number of hydrogen-bond donors (Lipinski definition) is 0. The molecular formula is C34H22F2O2. The van der Waals surface area contributed by atoms with E-state index >= 15 is 0 Å². The van der Waals surface area contributed by atoms with E-state index in [9.17, 15) is 8.78 Å². The van der Waals surface area contributed by atoms with Gasteiger partial charge in [0.25, 0.3) is 0 Å². The van der Waals surface area contributed by atoms with Crippen molar-refractivity contribution in [2.45, 2.75) is 5.60 Å². The fourth-order valence-electron chi connectivity index (χ4n) is 5.74. The van der Waals surface area contributed by atoms with Gasteiger partial charge in [0.1, 0.15) is 11.6 Å². The van der Waals surface area contributed by atoms with Crippen molar-refractivity contribution >= 4 is 38.4 Å². The predicted octanol–water partition coefficient (Wildman–Crippen LogP) is 8.78. The molecule has 0 unspecified atom stereocenters. The Kier molecular flexibility index (Phi) is 4.98. The molecule has 0 fully saturated rings. The van der Waals surface area contributed by atoms with Crippen molar-refractivity contribution in [1.29, 1.82) is 0 Å². The van der Waals surface area contributed by atoms with Gasteiger partial charge in [0.05, 0.1) is 7.11 Å². The lowest BCUT2D eigenvalue weighted by Gasteiger charge is -2.37. The summed E-state index contributed by atoms with van der Waals surface area (Å²) >= 11 is 0. The highest BCUT2D eigenvalue weighted by atomic mass is 19.1. The van der Waals surface area contributed by atoms with E-state index in [0.29, 0.717) is 11.5 Å². The first-order chi connectivity index (χ1) is 18.6. The summed E-state index contributed by atoms with van der Waals surface area (Å²) < 4.78 is 40.6. The highest BCUT2D eigenvalue weighted by molar-refractivity contribution is 6.27. The molecule has 0 amide bonds. The van der Waals surface area contributed by atoms with Crippen LogP contribution in [0.4, 0.5) is 8.78 Å². The smallest absolute Gasteiger partial charge is 0.178 e. The van der Waals surface area contributed by atoms with Crippen molar-refractivity contribution in [3.05, 3.63) is 138 Å². The normalized spacial score (nSPS) is 14.0. The van der Waals surface area contributed by atoms with Crippen molar-refractivity contribution in [3.8, 4) is 11.5 Å². The molecule has 6 aromatic carbocycles. The minimum absolute atomic E-state index is 0.342. The van der Waals surface area contributed by atoms with Gasteiger partial charge in [0, 0.05) is 22.1 Å². The Bertz CT molecular complexity index is 1840. The summed E-state index contributed by atoms with van der Waals surface area (Å²) in [5.74, 6) is 0.484. The van der Waals surface area contributed by atoms with Gasteiger partial charge in [0.15, 0.2) is 17.1 Å². The van der Waals surface area contributed by atoms with Crippen molar-refractivity contribution in [1.82, 2.24) is 0 Å². The van der Waals surface area contributed by atoms with Crippen LogP contribution < -0.4 is 9.47 Å². The lowest BCUT2D eigenvalue weighted by atomic mass is 9.82. The third-order valence-electron chi connectivity index (χ3n) is 7.50. The minimum atomic E-state index is -1.11. The number of methoxy groups -OCH3 is 1. The van der Waals surface area contributed by atoms with Gasteiger partial charge in [0.2, 0.25) is 0 Å². The number of fused-ring (bicyclic) bond motifs is 8. The highest BCUT2D eigenvalue weighted by Gasteiger charge is 2.39. The maximum Gasteiger partial charge on any atom is 0.178 e. The van der Waals surface area contributed by atoms with E-state index in [1.165, 1.54) is 29.7 Å². The fourth-order valence-corrected chi connectivity index (χ4v) is 5.74. The van der Waals surface area contributed by atoms with Crippen LogP contribution in [0.1, 0.15) is 16.7 Å². The van der Waals surface area contributed by atoms with Gasteiger partial charge in [-0.25, -0.2) is 8.78 Å². The van der Waals surface area contributed by atoms with E-state index in [1.54, 1.807) is 31.4 Å². The van der Waals surface area contributed by atoms with Gasteiger partial charge in [-0.2, -0.15) is 0 Å². The summed E-state index contributed by atoms with van der Waals surface area (Å²) in [6, 6.07) is 31.2. The second kappa shape index (κ2) is 8.42. The van der Waals surface area contributed by atoms with Crippen LogP contribution in [0.3, 0.4) is 0 Å². The van der Waals surface area contributed by atoms with E-state index in [4.69, 9.17) is 9.47 Å². The minimum Gasteiger partial charge on any atom is -0.493 e. The van der Waals surface area contributed by atoms with Gasteiger partial charge in [-0.15, -0.1) is 0 Å². The average Bonchev–Trinajstić information content (AvgIpc) is 2.97. The van der Waals surface area contributed by atoms with Crippen LogP contribution in [0.25, 0.3) is 38.4 Å². The molecule has 0 N–H and O–H groups in total. The Balaban J connectivity index is 1.58. The molecule has 1 aliphatic heterocycles. The standard InChI is InChI=1S/C34H22F2O2/c1-37-31-20-30-27-8-3-2-6-25(27)26-7-4-5-9-28(26)32(30)29-18-19-34(38-33(29)31,21-10-14-23(35)15-11-21)22-12-16-24(36)17-13-22/h2-20H,1H3. The van der Waals surface area contributed by atoms with Crippen molar-refractivity contribution in [3.63, 3.8) is 0 Å². The Morgan fingerprint density at radius 2 is 1.13 bits per heavy atom. The van der Waals surface area contributed by atoms with Crippen LogP contribution in [0.2, 0.25) is 0 Å². The first-order valence-electron chi connectivity index (χ1n) is 12.4. The van der Waals surface area contributed by atoms with Crippen LogP contribution >= 0.6 is 0 Å². The number of halogens is 2. The van der Waals surface area contributed by atoms with Crippen molar-refractivity contribution in [2.24, 2.45) is 0 Å². The fraction of sp³-hybridized carbons (Fsp3) is 0.0588. The van der Waals surface area contributed by atoms with Crippen LogP contribution in [-0.4, -0.2) is 7.11 Å². The Labute approximate surface area is 218 Å². The van der Waals surface area contributed by atoms with Gasteiger partial charge in [-0.3, -0.25) is 0 Å². The zero-order chi connectivity index (χ0) is 25.9. The molecule has 0 saturated heterocycles. The molecular weight excluding hydrogens is 478 g/mol. The second-order valence-electron chi connectivity index (χ2n) is 9.52. The lowest BCUT2D eigenvalue weighted by molar-refractivity contribution is 0.154. The predicted molar refractivity (Wildman–Crippen MR) is 149 cm³/mol. The summed E-state index contributed by atoms with van der Waals surface area (Å²) in [6.45, 7) is 0. The summed E-state index contributed by atoms with van der Waals surface area (Å²) in [7, 11) is 1.63. The Hall–Kier alpha value is -4.70. The summed E-state index contributed by atoms with van der Waals surface area (Å²) in [5.41, 5.74) is 1.24. The molecule has 0 radical (unpaired) electrons. The van der Waals surface area contributed by atoms with Gasteiger partial charge < -0.3 is 9.47 Å². The molecule has 0 spiro atoms. The van der Waals surface area contributed by atoms with E-state index < -0.39 is 5.60 Å². The van der Waals surface area contributed by atoms with E-state index in [2.05, 4.69) is 42.5 Å². The number of benzene rings is 6. The number of rotatable bonds is 3. The summed E-state index contributed by atoms with van der Waals surface area (Å²) in [6.07, 6.45) is 4.02. The average molecular weight is 501 g/mol. The second-order valence-corrected chi connectivity index (χ2v) is 9.52. The molecule has 7 rings (SSSR count). The topological polar surface area (TPSA) is 18.5 Å². The van der Waals surface area contributed by atoms with Crippen molar-refractivity contribution < 1.29 is 18.3 Å². The quantitative estimate of drug-likeness (QED) is 0.226. The molecule has 184 valence electrons. The lowest BCUT2D eigenvalue weighted by Crippen LogP contribution is -2.34. The molecule has 4 heteroatoms. The van der Waals surface area contributed by atoms with Gasteiger partial charge in [-0.1, -0.05) is 72.8 Å².